The molecule has 1 N–H and O–H groups in total. The summed E-state index contributed by atoms with van der Waals surface area (Å²) in [5, 5.41) is 0.145. The van der Waals surface area contributed by atoms with Crippen molar-refractivity contribution in [3.05, 3.63) is 29.5 Å². The second-order valence-corrected chi connectivity index (χ2v) is 13.1. The van der Waals surface area contributed by atoms with Crippen molar-refractivity contribution in [3.63, 3.8) is 0 Å². The number of carbonyl (C=O) groups excluding carboxylic acids is 1. The second-order valence-electron chi connectivity index (χ2n) is 9.49. The molecule has 0 spiro atoms. The molecule has 0 saturated carbocycles. The van der Waals surface area contributed by atoms with E-state index in [-0.39, 0.29) is 39.1 Å². The first kappa shape index (κ1) is 27.0. The van der Waals surface area contributed by atoms with Crippen LogP contribution < -0.4 is 0 Å². The van der Waals surface area contributed by atoms with E-state index >= 15 is 0 Å². The summed E-state index contributed by atoms with van der Waals surface area (Å²) in [6.45, 7) is 16.1. The van der Waals surface area contributed by atoms with Crippen molar-refractivity contribution in [2.45, 2.75) is 104 Å². The van der Waals surface area contributed by atoms with Gasteiger partial charge in [-0.25, -0.2) is 0 Å². The van der Waals surface area contributed by atoms with Crippen molar-refractivity contribution in [1.82, 2.24) is 0 Å². The second kappa shape index (κ2) is 11.3. The Kier molecular flexibility index (Phi) is 11.3. The first-order chi connectivity index (χ1) is 12.1. The summed E-state index contributed by atoms with van der Waals surface area (Å²) >= 11 is 0. The van der Waals surface area contributed by atoms with Crippen LogP contribution in [0.3, 0.4) is 0 Å². The quantitative estimate of drug-likeness (QED) is 0.179. The molecule has 0 saturated heterocycles. The number of allylic oxidation sites excluding steroid dienone is 3. The molecular formula is C23H44HfNOSi-3. The number of hydrogen-bond donors (Lipinski definition) is 0. The van der Waals surface area contributed by atoms with E-state index in [1.165, 1.54) is 44.9 Å². The van der Waals surface area contributed by atoms with E-state index in [4.69, 9.17) is 5.73 Å². The minimum Gasteiger partial charge on any atom is -1.00 e. The molecular weight excluding hydrogens is 513 g/mol. The zero-order chi connectivity index (χ0) is 20.0. The zero-order valence-electron chi connectivity index (χ0n) is 20.9. The van der Waals surface area contributed by atoms with Crippen molar-refractivity contribution in [2.75, 3.05) is 0 Å². The molecule has 0 aromatic carbocycles. The summed E-state index contributed by atoms with van der Waals surface area (Å²) in [6, 6.07) is 0. The summed E-state index contributed by atoms with van der Waals surface area (Å²) in [7, 11) is -1.06. The average molecular weight is 557 g/mol. The van der Waals surface area contributed by atoms with Gasteiger partial charge in [-0.3, -0.25) is 0 Å². The number of carbonyl (C=O) groups is 1. The smallest absolute Gasteiger partial charge is 0.0594 e. The van der Waals surface area contributed by atoms with E-state index < -0.39 is 20.1 Å². The Morgan fingerprint density at radius 3 is 2.11 bits per heavy atom. The van der Waals surface area contributed by atoms with Crippen LogP contribution >= 0.6 is 0 Å². The largest absolute Gasteiger partial charge is 1.00 e. The van der Waals surface area contributed by atoms with Crippen LogP contribution in [0.1, 0.15) is 88.8 Å². The third-order valence-electron chi connectivity index (χ3n) is 7.87. The minimum atomic E-state index is -1.06. The number of unbranched alkanes of at least 4 members (excludes halogenated alkanes) is 5. The Morgan fingerprint density at radius 1 is 1.11 bits per heavy atom. The number of amides is 1. The van der Waals surface area contributed by atoms with Gasteiger partial charge in [0.2, 0.25) is 0 Å². The molecule has 0 bridgehead atoms. The molecule has 0 aromatic heterocycles. The van der Waals surface area contributed by atoms with Gasteiger partial charge in [0.1, 0.15) is 0 Å². The van der Waals surface area contributed by atoms with Gasteiger partial charge in [-0.2, -0.15) is 0 Å². The maximum absolute atomic E-state index is 12.6. The molecule has 1 aliphatic carbocycles. The topological polar surface area (TPSA) is 40.9 Å². The minimum absolute atomic E-state index is 0. The van der Waals surface area contributed by atoms with Crippen LogP contribution in [-0.4, -0.2) is 14.7 Å². The van der Waals surface area contributed by atoms with Gasteiger partial charge in [-0.1, -0.05) is 103 Å². The molecule has 1 aliphatic rings. The van der Waals surface area contributed by atoms with Crippen LogP contribution in [0.4, 0.5) is 0 Å². The van der Waals surface area contributed by atoms with Gasteiger partial charge in [-0.15, -0.1) is 0 Å². The van der Waals surface area contributed by atoms with Crippen LogP contribution in [0, 0.1) is 10.8 Å². The van der Waals surface area contributed by atoms with Crippen molar-refractivity contribution in [1.29, 1.82) is 0 Å². The van der Waals surface area contributed by atoms with Crippen LogP contribution in [0.2, 0.25) is 18.1 Å². The Hall–Kier alpha value is 0.0370. The monoisotopic (exact) mass is 558 g/mol. The standard InChI is InChI=1S/C23H43NOSi.Hf.2H/c1-8-9-10-11-12-15-18-22(4,26(6)7)21(2,3)23(5,20(24)25)19-16-13-14-17-19;;;/h13-14,16,26H,8-12,15,17-18H2,1-7H3,(H2,24,25);;;/q;;2*-1/p-1. The molecule has 158 valence electrons. The fraction of sp³-hybridized carbons (Fsp3) is 0.783. The summed E-state index contributed by atoms with van der Waals surface area (Å²) < 4.78 is 0. The van der Waals surface area contributed by atoms with E-state index in [0.717, 1.165) is 12.0 Å². The van der Waals surface area contributed by atoms with E-state index in [0.29, 0.717) is 0 Å². The maximum Gasteiger partial charge on any atom is 0.0594 e. The van der Waals surface area contributed by atoms with Crippen molar-refractivity contribution >= 4 is 14.7 Å². The third kappa shape index (κ3) is 5.56. The van der Waals surface area contributed by atoms with Crippen LogP contribution in [-0.2, 0) is 30.6 Å². The molecule has 1 amide bonds. The molecule has 2 nitrogen and oxygen atoms in total. The van der Waals surface area contributed by atoms with Gasteiger partial charge in [-0.05, 0) is 30.2 Å². The van der Waals surface area contributed by atoms with Gasteiger partial charge >= 0.3 is 0 Å². The molecule has 0 heterocycles. The molecule has 0 fully saturated rings. The number of hydrogen-bond acceptors (Lipinski definition) is 1. The average Bonchev–Trinajstić information content (AvgIpc) is 3.11. The van der Waals surface area contributed by atoms with Crippen LogP contribution in [0.5, 0.6) is 0 Å². The van der Waals surface area contributed by atoms with E-state index in [9.17, 15) is 4.79 Å². The van der Waals surface area contributed by atoms with Crippen LogP contribution in [0.15, 0.2) is 23.8 Å². The van der Waals surface area contributed by atoms with Gasteiger partial charge in [0, 0.05) is 40.1 Å². The Bertz CT molecular complexity index is 551. The predicted molar refractivity (Wildman–Crippen MR) is 121 cm³/mol. The Balaban J connectivity index is -0.00000225. The van der Waals surface area contributed by atoms with Gasteiger partial charge in [0.05, 0.1) is 5.91 Å². The number of nitrogens with one attached hydrogen (secondary N) is 1. The SMILES string of the molecule is CCCCCCCCC(C)([SiH](C)C)C(C)(C)C(C)(C([NH-])=O)C1=CC=CC1.[H-].[H-].[Hf]. The van der Waals surface area contributed by atoms with Crippen molar-refractivity contribution in [3.8, 4) is 0 Å². The predicted octanol–water partition coefficient (Wildman–Crippen LogP) is 7.70. The van der Waals surface area contributed by atoms with Crippen molar-refractivity contribution < 1.29 is 33.5 Å². The van der Waals surface area contributed by atoms with Gasteiger partial charge in [0.25, 0.3) is 0 Å². The first-order valence-corrected chi connectivity index (χ1v) is 13.6. The maximum atomic E-state index is 12.6. The fourth-order valence-corrected chi connectivity index (χ4v) is 7.33. The number of rotatable bonds is 12. The normalized spacial score (nSPS) is 18.6. The van der Waals surface area contributed by atoms with E-state index in [2.05, 4.69) is 52.9 Å². The third-order valence-corrected chi connectivity index (χ3v) is 11.4. The summed E-state index contributed by atoms with van der Waals surface area (Å²) in [5.41, 5.74) is 8.38. The summed E-state index contributed by atoms with van der Waals surface area (Å²) in [5.74, 6) is -0.415. The molecule has 4 heteroatoms. The molecule has 1 rings (SSSR count). The molecule has 0 aromatic rings. The Labute approximate surface area is 192 Å². The van der Waals surface area contributed by atoms with E-state index in [1.807, 2.05) is 13.0 Å². The van der Waals surface area contributed by atoms with Gasteiger partial charge in [0.15, 0.2) is 0 Å². The Morgan fingerprint density at radius 2 is 1.67 bits per heavy atom. The molecule has 2 atom stereocenters. The van der Waals surface area contributed by atoms with Gasteiger partial charge < -0.3 is 13.4 Å². The van der Waals surface area contributed by atoms with E-state index in [1.54, 1.807) is 0 Å². The molecule has 27 heavy (non-hydrogen) atoms. The fourth-order valence-electron chi connectivity index (χ4n) is 4.82. The summed E-state index contributed by atoms with van der Waals surface area (Å²) in [6.07, 6.45) is 16.1. The van der Waals surface area contributed by atoms with Crippen LogP contribution in [0.25, 0.3) is 5.73 Å². The summed E-state index contributed by atoms with van der Waals surface area (Å²) in [4.78, 5) is 12.6. The van der Waals surface area contributed by atoms with Crippen molar-refractivity contribution in [2.24, 2.45) is 10.8 Å². The zero-order valence-corrected chi connectivity index (χ0v) is 23.6. The molecule has 0 radical (unpaired) electrons. The molecule has 0 aliphatic heterocycles. The molecule has 2 unspecified atom stereocenters. The first-order valence-electron chi connectivity index (χ1n) is 10.7.